The Morgan fingerprint density at radius 1 is 1.21 bits per heavy atom. The number of carbonyl (C=O) groups is 3. The van der Waals surface area contributed by atoms with E-state index < -0.39 is 5.97 Å². The summed E-state index contributed by atoms with van der Waals surface area (Å²) < 4.78 is 1.94. The minimum Gasteiger partial charge on any atom is -0.481 e. The predicted molar refractivity (Wildman–Crippen MR) is 105 cm³/mol. The molecule has 0 aromatic carbocycles. The Labute approximate surface area is 166 Å². The number of aromatic nitrogens is 2. The molecule has 28 heavy (non-hydrogen) atoms. The number of carbonyl (C=O) groups excluding carboxylic acids is 2. The minimum absolute atomic E-state index is 0.00873. The lowest BCUT2D eigenvalue weighted by molar-refractivity contribution is -0.146. The summed E-state index contributed by atoms with van der Waals surface area (Å²) in [5.41, 5.74) is 2.77. The van der Waals surface area contributed by atoms with Gasteiger partial charge in [0.25, 0.3) is 0 Å². The fourth-order valence-corrected chi connectivity index (χ4v) is 3.57. The maximum atomic E-state index is 12.6. The summed E-state index contributed by atoms with van der Waals surface area (Å²) in [6.07, 6.45) is 1.15. The smallest absolute Gasteiger partial charge is 0.306 e. The highest BCUT2D eigenvalue weighted by molar-refractivity contribution is 5.86. The SMILES string of the molecule is Cc1nn(CC(C)C)c(C)c1CC(=O)N(C)CC(=O)N1CCC(C(=O)O)CC1. The van der Waals surface area contributed by atoms with E-state index in [-0.39, 0.29) is 30.7 Å². The van der Waals surface area contributed by atoms with E-state index in [1.165, 1.54) is 4.90 Å². The second kappa shape index (κ2) is 9.21. The molecule has 0 unspecified atom stereocenters. The first-order valence-corrected chi connectivity index (χ1v) is 9.87. The van der Waals surface area contributed by atoms with E-state index in [0.717, 1.165) is 23.5 Å². The van der Waals surface area contributed by atoms with Crippen LogP contribution in [0.3, 0.4) is 0 Å². The standard InChI is InChI=1S/C20H32N4O4/c1-13(2)11-24-15(4)17(14(3)21-24)10-18(25)22(5)12-19(26)23-8-6-16(7-9-23)20(27)28/h13,16H,6-12H2,1-5H3,(H,27,28). The van der Waals surface area contributed by atoms with E-state index in [4.69, 9.17) is 5.11 Å². The first-order chi connectivity index (χ1) is 13.1. The van der Waals surface area contributed by atoms with Gasteiger partial charge in [-0.25, -0.2) is 0 Å². The highest BCUT2D eigenvalue weighted by atomic mass is 16.4. The number of nitrogens with zero attached hydrogens (tertiary/aromatic N) is 4. The molecule has 156 valence electrons. The van der Waals surface area contributed by atoms with E-state index in [1.807, 2.05) is 18.5 Å². The van der Waals surface area contributed by atoms with Crippen LogP contribution in [0.5, 0.6) is 0 Å². The van der Waals surface area contributed by atoms with Crippen LogP contribution < -0.4 is 0 Å². The van der Waals surface area contributed by atoms with Crippen LogP contribution in [0.15, 0.2) is 0 Å². The third-order valence-corrected chi connectivity index (χ3v) is 5.39. The van der Waals surface area contributed by atoms with Crippen LogP contribution in [0.1, 0.15) is 43.6 Å². The third kappa shape index (κ3) is 5.33. The molecule has 0 aliphatic carbocycles. The maximum Gasteiger partial charge on any atom is 0.306 e. The lowest BCUT2D eigenvalue weighted by atomic mass is 9.97. The quantitative estimate of drug-likeness (QED) is 0.758. The van der Waals surface area contributed by atoms with Crippen molar-refractivity contribution in [3.63, 3.8) is 0 Å². The Morgan fingerprint density at radius 3 is 2.36 bits per heavy atom. The molecule has 2 rings (SSSR count). The molecule has 1 aliphatic rings. The van der Waals surface area contributed by atoms with Gasteiger partial charge in [-0.3, -0.25) is 19.1 Å². The van der Waals surface area contributed by atoms with Gasteiger partial charge in [0.1, 0.15) is 0 Å². The van der Waals surface area contributed by atoms with Crippen LogP contribution in [-0.2, 0) is 27.3 Å². The molecule has 1 saturated heterocycles. The molecular formula is C20H32N4O4. The van der Waals surface area contributed by atoms with Crippen molar-refractivity contribution in [3.05, 3.63) is 17.0 Å². The number of carboxylic acid groups (broad SMARTS) is 1. The van der Waals surface area contributed by atoms with Crippen LogP contribution >= 0.6 is 0 Å². The molecule has 1 aromatic rings. The highest BCUT2D eigenvalue weighted by Crippen LogP contribution is 2.18. The van der Waals surface area contributed by atoms with Crippen LogP contribution in [0.25, 0.3) is 0 Å². The Hall–Kier alpha value is -2.38. The molecule has 2 amide bonds. The monoisotopic (exact) mass is 392 g/mol. The molecule has 1 aliphatic heterocycles. The number of aliphatic carboxylic acids is 1. The second-order valence-corrected chi connectivity index (χ2v) is 8.15. The van der Waals surface area contributed by atoms with E-state index in [0.29, 0.717) is 31.8 Å². The Balaban J connectivity index is 1.92. The van der Waals surface area contributed by atoms with Crippen LogP contribution in [0.2, 0.25) is 0 Å². The molecule has 1 fully saturated rings. The van der Waals surface area contributed by atoms with Gasteiger partial charge in [-0.05, 0) is 32.6 Å². The number of rotatable bonds is 7. The van der Waals surface area contributed by atoms with Crippen molar-refractivity contribution in [2.75, 3.05) is 26.7 Å². The first-order valence-electron chi connectivity index (χ1n) is 9.87. The molecular weight excluding hydrogens is 360 g/mol. The van der Waals surface area contributed by atoms with Gasteiger partial charge in [0, 0.05) is 37.9 Å². The molecule has 2 heterocycles. The van der Waals surface area contributed by atoms with E-state index in [2.05, 4.69) is 18.9 Å². The van der Waals surface area contributed by atoms with Gasteiger partial charge in [0.15, 0.2) is 0 Å². The first kappa shape index (κ1) is 21.9. The Morgan fingerprint density at radius 2 is 1.82 bits per heavy atom. The van der Waals surface area contributed by atoms with Gasteiger partial charge in [-0.1, -0.05) is 13.8 Å². The van der Waals surface area contributed by atoms with E-state index in [9.17, 15) is 14.4 Å². The summed E-state index contributed by atoms with van der Waals surface area (Å²) in [7, 11) is 1.63. The van der Waals surface area contributed by atoms with E-state index in [1.54, 1.807) is 11.9 Å². The van der Waals surface area contributed by atoms with Crippen molar-refractivity contribution in [2.45, 2.75) is 53.5 Å². The second-order valence-electron chi connectivity index (χ2n) is 8.15. The number of hydrogen-bond acceptors (Lipinski definition) is 4. The molecule has 1 N–H and O–H groups in total. The molecule has 0 spiro atoms. The Kier molecular flexibility index (Phi) is 7.21. The molecule has 0 atom stereocenters. The van der Waals surface area contributed by atoms with Crippen LogP contribution in [-0.4, -0.2) is 69.2 Å². The summed E-state index contributed by atoms with van der Waals surface area (Å²) in [5.74, 6) is -0.972. The zero-order chi connectivity index (χ0) is 21.0. The normalized spacial score (nSPS) is 15.1. The summed E-state index contributed by atoms with van der Waals surface area (Å²) in [4.78, 5) is 39.2. The molecule has 8 heteroatoms. The zero-order valence-corrected chi connectivity index (χ0v) is 17.6. The number of likely N-dealkylation sites (tertiary alicyclic amines) is 1. The van der Waals surface area contributed by atoms with Crippen molar-refractivity contribution in [1.29, 1.82) is 0 Å². The third-order valence-electron chi connectivity index (χ3n) is 5.39. The van der Waals surface area contributed by atoms with Crippen molar-refractivity contribution < 1.29 is 19.5 Å². The lowest BCUT2D eigenvalue weighted by Gasteiger charge is -2.31. The van der Waals surface area contributed by atoms with Crippen molar-refractivity contribution in [2.24, 2.45) is 11.8 Å². The lowest BCUT2D eigenvalue weighted by Crippen LogP contribution is -2.45. The van der Waals surface area contributed by atoms with Gasteiger partial charge in [-0.15, -0.1) is 0 Å². The fraction of sp³-hybridized carbons (Fsp3) is 0.700. The largest absolute Gasteiger partial charge is 0.481 e. The highest BCUT2D eigenvalue weighted by Gasteiger charge is 2.28. The van der Waals surface area contributed by atoms with Gasteiger partial charge >= 0.3 is 5.97 Å². The molecule has 8 nitrogen and oxygen atoms in total. The van der Waals surface area contributed by atoms with Crippen LogP contribution in [0.4, 0.5) is 0 Å². The topological polar surface area (TPSA) is 95.7 Å². The van der Waals surface area contributed by atoms with E-state index >= 15 is 0 Å². The molecule has 0 bridgehead atoms. The zero-order valence-electron chi connectivity index (χ0n) is 17.6. The average molecular weight is 393 g/mol. The number of aryl methyl sites for hydroxylation is 1. The summed E-state index contributed by atoms with van der Waals surface area (Å²) in [6.45, 7) is 9.80. The van der Waals surface area contributed by atoms with Gasteiger partial charge < -0.3 is 14.9 Å². The summed E-state index contributed by atoms with van der Waals surface area (Å²) >= 11 is 0. The van der Waals surface area contributed by atoms with Crippen molar-refractivity contribution in [3.8, 4) is 0 Å². The summed E-state index contributed by atoms with van der Waals surface area (Å²) in [6, 6.07) is 0. The number of carboxylic acids is 1. The Bertz CT molecular complexity index is 733. The molecule has 0 saturated carbocycles. The van der Waals surface area contributed by atoms with Gasteiger partial charge in [0.05, 0.1) is 24.6 Å². The van der Waals surface area contributed by atoms with Gasteiger partial charge in [-0.2, -0.15) is 5.10 Å². The number of amides is 2. The maximum absolute atomic E-state index is 12.6. The number of hydrogen-bond donors (Lipinski definition) is 1. The van der Waals surface area contributed by atoms with Crippen molar-refractivity contribution >= 4 is 17.8 Å². The average Bonchev–Trinajstić information content (AvgIpc) is 2.88. The predicted octanol–water partition coefficient (Wildman–Crippen LogP) is 1.48. The minimum atomic E-state index is -0.803. The van der Waals surface area contributed by atoms with Crippen molar-refractivity contribution in [1.82, 2.24) is 19.6 Å². The number of piperidine rings is 1. The summed E-state index contributed by atoms with van der Waals surface area (Å²) in [5, 5.41) is 13.6. The molecule has 1 aromatic heterocycles. The fourth-order valence-electron chi connectivity index (χ4n) is 3.57. The van der Waals surface area contributed by atoms with Crippen LogP contribution in [0, 0.1) is 25.7 Å². The molecule has 0 radical (unpaired) electrons. The number of likely N-dealkylation sites (N-methyl/N-ethyl adjacent to an activating group) is 1. The van der Waals surface area contributed by atoms with Gasteiger partial charge in [0.2, 0.25) is 11.8 Å².